The van der Waals surface area contributed by atoms with Crippen LogP contribution in [0, 0.1) is 0 Å². The van der Waals surface area contributed by atoms with Gasteiger partial charge >= 0.3 is 6.18 Å². The molecule has 1 heterocycles. The highest BCUT2D eigenvalue weighted by Gasteiger charge is 2.28. The maximum atomic E-state index is 11.8. The third kappa shape index (κ3) is 3.59. The molecule has 0 amide bonds. The molecule has 2 nitrogen and oxygen atoms in total. The van der Waals surface area contributed by atoms with Crippen LogP contribution < -0.4 is 4.74 Å². The number of rotatable bonds is 2. The number of halogens is 5. The molecule has 0 saturated heterocycles. The summed E-state index contributed by atoms with van der Waals surface area (Å²) in [5.74, 6) is -0.135. The van der Waals surface area contributed by atoms with E-state index in [0.717, 1.165) is 12.3 Å². The van der Waals surface area contributed by atoms with Crippen LogP contribution in [0.3, 0.4) is 0 Å². The van der Waals surface area contributed by atoms with E-state index >= 15 is 0 Å². The maximum Gasteiger partial charge on any atom is 0.422 e. The third-order valence-corrected chi connectivity index (χ3v) is 1.67. The van der Waals surface area contributed by atoms with E-state index in [1.54, 1.807) is 0 Å². The molecule has 0 unspecified atom stereocenters. The van der Waals surface area contributed by atoms with Gasteiger partial charge in [-0.2, -0.15) is 13.2 Å². The van der Waals surface area contributed by atoms with Crippen molar-refractivity contribution in [2.45, 2.75) is 6.18 Å². The number of pyridine rings is 1. The molecule has 0 atom stereocenters. The topological polar surface area (TPSA) is 22.1 Å². The molecule has 0 saturated carbocycles. The molecule has 1 aromatic heterocycles. The molecule has 78 valence electrons. The average molecular weight is 246 g/mol. The van der Waals surface area contributed by atoms with Crippen molar-refractivity contribution in [1.29, 1.82) is 0 Å². The van der Waals surface area contributed by atoms with Crippen LogP contribution in [0.5, 0.6) is 5.75 Å². The number of hydrogen-bond acceptors (Lipinski definition) is 2. The molecular formula is C7H4Cl2F3NO. The SMILES string of the molecule is FC(F)(F)COc1cc(Cl)ncc1Cl. The van der Waals surface area contributed by atoms with Crippen LogP contribution in [0.2, 0.25) is 10.2 Å². The van der Waals surface area contributed by atoms with Crippen LogP contribution >= 0.6 is 23.2 Å². The monoisotopic (exact) mass is 245 g/mol. The van der Waals surface area contributed by atoms with Crippen molar-refractivity contribution < 1.29 is 17.9 Å². The molecule has 0 aliphatic carbocycles. The summed E-state index contributed by atoms with van der Waals surface area (Å²) in [7, 11) is 0. The van der Waals surface area contributed by atoms with Gasteiger partial charge in [0, 0.05) is 6.07 Å². The van der Waals surface area contributed by atoms with Gasteiger partial charge in [-0.3, -0.25) is 0 Å². The maximum absolute atomic E-state index is 11.8. The highest BCUT2D eigenvalue weighted by molar-refractivity contribution is 6.33. The molecule has 0 aromatic carbocycles. The fourth-order valence-corrected chi connectivity index (χ4v) is 0.972. The van der Waals surface area contributed by atoms with Gasteiger partial charge in [-0.15, -0.1) is 0 Å². The first kappa shape index (κ1) is 11.4. The van der Waals surface area contributed by atoms with Crippen molar-refractivity contribution in [2.24, 2.45) is 0 Å². The molecule has 1 aromatic rings. The molecule has 0 spiro atoms. The van der Waals surface area contributed by atoms with E-state index in [1.165, 1.54) is 0 Å². The smallest absolute Gasteiger partial charge is 0.422 e. The Bertz CT molecular complexity index is 329. The Hall–Kier alpha value is -0.680. The molecule has 0 fully saturated rings. The van der Waals surface area contributed by atoms with E-state index in [-0.39, 0.29) is 15.9 Å². The Labute approximate surface area is 87.6 Å². The van der Waals surface area contributed by atoms with Crippen molar-refractivity contribution in [2.75, 3.05) is 6.61 Å². The van der Waals surface area contributed by atoms with E-state index in [2.05, 4.69) is 9.72 Å². The summed E-state index contributed by atoms with van der Waals surface area (Å²) in [5, 5.41) is 0.00484. The number of ether oxygens (including phenoxy) is 1. The second kappa shape index (κ2) is 4.23. The molecule has 1 rings (SSSR count). The predicted octanol–water partition coefficient (Wildman–Crippen LogP) is 3.33. The molecule has 0 aliphatic heterocycles. The lowest BCUT2D eigenvalue weighted by Gasteiger charge is -2.09. The normalized spacial score (nSPS) is 11.5. The van der Waals surface area contributed by atoms with Gasteiger partial charge in [0.05, 0.1) is 6.20 Å². The molecule has 0 N–H and O–H groups in total. The van der Waals surface area contributed by atoms with Crippen LogP contribution in [0.4, 0.5) is 13.2 Å². The third-order valence-electron chi connectivity index (χ3n) is 1.18. The zero-order valence-electron chi connectivity index (χ0n) is 6.61. The standard InChI is InChI=1S/C7H4Cl2F3NO/c8-4-2-13-6(9)1-5(4)14-3-7(10,11)12/h1-2H,3H2. The van der Waals surface area contributed by atoms with Gasteiger partial charge in [-0.1, -0.05) is 23.2 Å². The van der Waals surface area contributed by atoms with E-state index in [1.807, 2.05) is 0 Å². The summed E-state index contributed by atoms with van der Waals surface area (Å²) in [4.78, 5) is 3.56. The largest absolute Gasteiger partial charge is 0.482 e. The number of aromatic nitrogens is 1. The van der Waals surface area contributed by atoms with E-state index < -0.39 is 12.8 Å². The van der Waals surface area contributed by atoms with Crippen molar-refractivity contribution in [1.82, 2.24) is 4.98 Å². The van der Waals surface area contributed by atoms with Crippen molar-refractivity contribution in [3.8, 4) is 5.75 Å². The van der Waals surface area contributed by atoms with Crippen LogP contribution in [-0.4, -0.2) is 17.8 Å². The summed E-state index contributed by atoms with van der Waals surface area (Å²) in [6.07, 6.45) is -3.28. The van der Waals surface area contributed by atoms with Crippen LogP contribution in [0.15, 0.2) is 12.3 Å². The van der Waals surface area contributed by atoms with Gasteiger partial charge in [-0.05, 0) is 0 Å². The Morgan fingerprint density at radius 3 is 2.57 bits per heavy atom. The average Bonchev–Trinajstić information content (AvgIpc) is 2.05. The zero-order chi connectivity index (χ0) is 10.8. The van der Waals surface area contributed by atoms with Gasteiger partial charge in [0.25, 0.3) is 0 Å². The Morgan fingerprint density at radius 2 is 2.00 bits per heavy atom. The van der Waals surface area contributed by atoms with Crippen LogP contribution in [0.25, 0.3) is 0 Å². The molecule has 0 bridgehead atoms. The minimum absolute atomic E-state index is 0.0151. The molecule has 0 aliphatic rings. The molecular weight excluding hydrogens is 242 g/mol. The van der Waals surface area contributed by atoms with Crippen LogP contribution in [-0.2, 0) is 0 Å². The minimum atomic E-state index is -4.40. The van der Waals surface area contributed by atoms with Gasteiger partial charge in [-0.25, -0.2) is 4.98 Å². The summed E-state index contributed by atoms with van der Waals surface area (Å²) in [6, 6.07) is 1.12. The Kier molecular flexibility index (Phi) is 3.44. The van der Waals surface area contributed by atoms with Crippen molar-refractivity contribution in [3.05, 3.63) is 22.4 Å². The van der Waals surface area contributed by atoms with E-state index in [4.69, 9.17) is 23.2 Å². The fraction of sp³-hybridized carbons (Fsp3) is 0.286. The fourth-order valence-electron chi connectivity index (χ4n) is 0.667. The predicted molar refractivity (Wildman–Crippen MR) is 45.8 cm³/mol. The van der Waals surface area contributed by atoms with Crippen LogP contribution in [0.1, 0.15) is 0 Å². The van der Waals surface area contributed by atoms with Gasteiger partial charge in [0.1, 0.15) is 15.9 Å². The van der Waals surface area contributed by atoms with Crippen molar-refractivity contribution >= 4 is 23.2 Å². The lowest BCUT2D eigenvalue weighted by Crippen LogP contribution is -2.19. The number of hydrogen-bond donors (Lipinski definition) is 0. The molecule has 7 heteroatoms. The number of alkyl halides is 3. The first-order valence-electron chi connectivity index (χ1n) is 3.39. The second-order valence-corrected chi connectivity index (χ2v) is 3.14. The summed E-state index contributed by atoms with van der Waals surface area (Å²) in [5.41, 5.74) is 0. The quantitative estimate of drug-likeness (QED) is 0.746. The van der Waals surface area contributed by atoms with Gasteiger partial charge in [0.15, 0.2) is 6.61 Å². The first-order chi connectivity index (χ1) is 6.38. The lowest BCUT2D eigenvalue weighted by molar-refractivity contribution is -0.153. The van der Waals surface area contributed by atoms with E-state index in [0.29, 0.717) is 0 Å². The first-order valence-corrected chi connectivity index (χ1v) is 4.15. The van der Waals surface area contributed by atoms with Gasteiger partial charge < -0.3 is 4.74 Å². The lowest BCUT2D eigenvalue weighted by atomic mass is 10.4. The summed E-state index contributed by atoms with van der Waals surface area (Å²) < 4.78 is 39.7. The molecule has 14 heavy (non-hydrogen) atoms. The number of nitrogens with zero attached hydrogens (tertiary/aromatic N) is 1. The minimum Gasteiger partial charge on any atom is -0.482 e. The Morgan fingerprint density at radius 1 is 1.36 bits per heavy atom. The zero-order valence-corrected chi connectivity index (χ0v) is 8.12. The second-order valence-electron chi connectivity index (χ2n) is 2.34. The van der Waals surface area contributed by atoms with Gasteiger partial charge in [0.2, 0.25) is 0 Å². The molecule has 0 radical (unpaired) electrons. The summed E-state index contributed by atoms with van der Waals surface area (Å²) in [6.45, 7) is -1.41. The Balaban J connectivity index is 2.72. The van der Waals surface area contributed by atoms with Crippen molar-refractivity contribution in [3.63, 3.8) is 0 Å². The summed E-state index contributed by atoms with van der Waals surface area (Å²) >= 11 is 10.9. The highest BCUT2D eigenvalue weighted by Crippen LogP contribution is 2.27. The van der Waals surface area contributed by atoms with E-state index in [9.17, 15) is 13.2 Å². The highest BCUT2D eigenvalue weighted by atomic mass is 35.5.